The van der Waals surface area contributed by atoms with Crippen LogP contribution < -0.4 is 10.5 Å². The Morgan fingerprint density at radius 3 is 2.66 bits per heavy atom. The van der Waals surface area contributed by atoms with E-state index in [2.05, 4.69) is 4.98 Å². The van der Waals surface area contributed by atoms with E-state index < -0.39 is 6.04 Å². The van der Waals surface area contributed by atoms with Crippen molar-refractivity contribution in [2.24, 2.45) is 5.73 Å². The fourth-order valence-electron chi connectivity index (χ4n) is 4.14. The topological polar surface area (TPSA) is 125 Å². The maximum absolute atomic E-state index is 13.8. The number of carbonyl (C=O) groups is 1. The second-order valence-electron chi connectivity index (χ2n) is 8.57. The number of nitrogens with two attached hydrogens (primary N) is 1. The summed E-state index contributed by atoms with van der Waals surface area (Å²) < 4.78 is 10.9. The van der Waals surface area contributed by atoms with Gasteiger partial charge in [0.2, 0.25) is 11.8 Å². The number of likely N-dealkylation sites (tertiary alicyclic amines) is 1. The lowest BCUT2D eigenvalue weighted by atomic mass is 9.98. The molecule has 8 nitrogen and oxygen atoms in total. The quantitative estimate of drug-likeness (QED) is 0.338. The summed E-state index contributed by atoms with van der Waals surface area (Å²) in [5, 5.41) is 19.3. The molecule has 1 fully saturated rings. The number of thiazole rings is 1. The molecule has 3 aromatic rings. The molecule has 0 saturated carbocycles. The number of rotatable bonds is 6. The van der Waals surface area contributed by atoms with Gasteiger partial charge in [0.05, 0.1) is 19.2 Å². The van der Waals surface area contributed by atoms with Crippen LogP contribution in [0.2, 0.25) is 0 Å². The Morgan fingerprint density at radius 1 is 1.23 bits per heavy atom. The average Bonchev–Trinajstić information content (AvgIpc) is 3.52. The minimum atomic E-state index is -0.652. The first-order chi connectivity index (χ1) is 16.8. The number of methoxy groups -OCH3 is 1. The Morgan fingerprint density at radius 2 is 1.97 bits per heavy atom. The van der Waals surface area contributed by atoms with E-state index in [1.807, 2.05) is 47.5 Å². The zero-order chi connectivity index (χ0) is 25.1. The predicted octanol–water partition coefficient (Wildman–Crippen LogP) is 4.77. The van der Waals surface area contributed by atoms with Crippen LogP contribution >= 0.6 is 11.3 Å². The van der Waals surface area contributed by atoms with Gasteiger partial charge >= 0.3 is 0 Å². The summed E-state index contributed by atoms with van der Waals surface area (Å²) in [4.78, 5) is 20.3. The molecule has 2 aromatic carbocycles. The molecule has 1 unspecified atom stereocenters. The number of benzene rings is 2. The van der Waals surface area contributed by atoms with E-state index in [1.54, 1.807) is 37.5 Å². The first-order valence-electron chi connectivity index (χ1n) is 11.4. The zero-order valence-corrected chi connectivity index (χ0v) is 20.8. The van der Waals surface area contributed by atoms with Gasteiger partial charge in [0.25, 0.3) is 5.91 Å². The van der Waals surface area contributed by atoms with Crippen molar-refractivity contribution in [3.63, 3.8) is 0 Å². The van der Waals surface area contributed by atoms with Crippen LogP contribution in [-0.2, 0) is 4.74 Å². The van der Waals surface area contributed by atoms with E-state index >= 15 is 0 Å². The van der Waals surface area contributed by atoms with Gasteiger partial charge in [-0.05, 0) is 56.5 Å². The Balaban J connectivity index is 1.76. The maximum atomic E-state index is 13.8. The van der Waals surface area contributed by atoms with Gasteiger partial charge in [-0.1, -0.05) is 18.2 Å². The van der Waals surface area contributed by atoms with Crippen molar-refractivity contribution in [2.75, 3.05) is 13.7 Å². The number of nitrogens with zero attached hydrogens (tertiary/aromatic N) is 2. The summed E-state index contributed by atoms with van der Waals surface area (Å²) in [5.74, 6) is 0.0560. The van der Waals surface area contributed by atoms with Gasteiger partial charge in [0, 0.05) is 34.3 Å². The third kappa shape index (κ3) is 5.26. The minimum Gasteiger partial charge on any atom is -0.496 e. The lowest BCUT2D eigenvalue weighted by Crippen LogP contribution is -2.31. The van der Waals surface area contributed by atoms with Gasteiger partial charge < -0.3 is 20.1 Å². The Bertz CT molecular complexity index is 1270. The SMILES string of the molecule is COc1ccccc1-c1cc(C(=N)OC(=N)C(C)N)cc(C(=O)N2CCC[C@@H]2c2nc(C)cs2)c1. The number of aromatic nitrogens is 1. The van der Waals surface area contributed by atoms with E-state index in [-0.39, 0.29) is 23.7 Å². The first kappa shape index (κ1) is 24.6. The number of aryl methyl sites for hydroxylation is 1. The van der Waals surface area contributed by atoms with E-state index in [0.717, 1.165) is 29.1 Å². The van der Waals surface area contributed by atoms with Crippen molar-refractivity contribution in [1.82, 2.24) is 9.88 Å². The van der Waals surface area contributed by atoms with E-state index in [9.17, 15) is 4.79 Å². The van der Waals surface area contributed by atoms with Crippen molar-refractivity contribution in [1.29, 1.82) is 10.8 Å². The number of hydrogen-bond donors (Lipinski definition) is 3. The highest BCUT2D eigenvalue weighted by atomic mass is 32.1. The van der Waals surface area contributed by atoms with Crippen molar-refractivity contribution in [2.45, 2.75) is 38.8 Å². The highest BCUT2D eigenvalue weighted by molar-refractivity contribution is 7.09. The van der Waals surface area contributed by atoms with Gasteiger partial charge in [0.15, 0.2) is 0 Å². The maximum Gasteiger partial charge on any atom is 0.254 e. The number of nitrogens with one attached hydrogen (secondary N) is 2. The fourth-order valence-corrected chi connectivity index (χ4v) is 5.08. The molecule has 0 radical (unpaired) electrons. The number of para-hydroxylation sites is 1. The van der Waals surface area contributed by atoms with Gasteiger partial charge in [-0.3, -0.25) is 15.6 Å². The van der Waals surface area contributed by atoms with Crippen LogP contribution in [0.5, 0.6) is 5.75 Å². The summed E-state index contributed by atoms with van der Waals surface area (Å²) >= 11 is 1.57. The van der Waals surface area contributed by atoms with Crippen molar-refractivity contribution >= 4 is 29.0 Å². The molecule has 2 heterocycles. The lowest BCUT2D eigenvalue weighted by Gasteiger charge is -2.24. The van der Waals surface area contributed by atoms with Crippen molar-refractivity contribution in [3.05, 3.63) is 69.7 Å². The van der Waals surface area contributed by atoms with Crippen molar-refractivity contribution in [3.8, 4) is 16.9 Å². The Kier molecular flexibility index (Phi) is 7.28. The molecule has 1 saturated heterocycles. The third-order valence-corrected chi connectivity index (χ3v) is 6.99. The minimum absolute atomic E-state index is 0.0680. The number of ether oxygens (including phenoxy) is 2. The monoisotopic (exact) mass is 491 g/mol. The third-order valence-electron chi connectivity index (χ3n) is 5.92. The standard InChI is InChI=1S/C26H29N5O3S/c1-15-14-35-25(30-15)21-8-6-10-31(21)26(32)19-12-17(20-7-4-5-9-22(20)33-3)11-18(13-19)24(29)34-23(28)16(2)27/h4-5,7,9,11-14,16,21,28-29H,6,8,10,27H2,1-3H3/t16?,21-/m1/s1. The predicted molar refractivity (Wildman–Crippen MR) is 138 cm³/mol. The second-order valence-corrected chi connectivity index (χ2v) is 9.46. The summed E-state index contributed by atoms with van der Waals surface area (Å²) in [6.45, 7) is 4.21. The van der Waals surface area contributed by atoms with Gasteiger partial charge in [-0.25, -0.2) is 4.98 Å². The number of hydrogen-bond acceptors (Lipinski definition) is 8. The van der Waals surface area contributed by atoms with Crippen LogP contribution in [0.15, 0.2) is 47.8 Å². The molecular weight excluding hydrogens is 462 g/mol. The van der Waals surface area contributed by atoms with Crippen LogP contribution in [0, 0.1) is 17.7 Å². The van der Waals surface area contributed by atoms with Gasteiger partial charge in [-0.15, -0.1) is 11.3 Å². The van der Waals surface area contributed by atoms with Gasteiger partial charge in [-0.2, -0.15) is 0 Å². The summed E-state index contributed by atoms with van der Waals surface area (Å²) in [7, 11) is 1.59. The van der Waals surface area contributed by atoms with E-state index in [4.69, 9.17) is 26.0 Å². The number of carbonyl (C=O) groups excluding carboxylic acids is 1. The second kappa shape index (κ2) is 10.4. The van der Waals surface area contributed by atoms with E-state index in [0.29, 0.717) is 29.0 Å². The molecule has 0 bridgehead atoms. The summed E-state index contributed by atoms with van der Waals surface area (Å²) in [5.41, 5.74) is 8.99. The van der Waals surface area contributed by atoms with Crippen molar-refractivity contribution < 1.29 is 14.3 Å². The van der Waals surface area contributed by atoms with E-state index in [1.165, 1.54) is 0 Å². The average molecular weight is 492 g/mol. The van der Waals surface area contributed by atoms with Crippen LogP contribution in [0.4, 0.5) is 0 Å². The Labute approximate surface area is 208 Å². The molecule has 0 spiro atoms. The molecule has 1 aliphatic heterocycles. The molecule has 4 N–H and O–H groups in total. The summed E-state index contributed by atoms with van der Waals surface area (Å²) in [6.07, 6.45) is 1.76. The molecule has 1 amide bonds. The normalized spacial score (nSPS) is 16.1. The molecule has 1 aliphatic rings. The molecule has 1 aromatic heterocycles. The Hall–Kier alpha value is -3.56. The molecule has 35 heavy (non-hydrogen) atoms. The largest absolute Gasteiger partial charge is 0.496 e. The van der Waals surface area contributed by atoms with Crippen LogP contribution in [0.25, 0.3) is 11.1 Å². The molecule has 182 valence electrons. The van der Waals surface area contributed by atoms with Gasteiger partial charge in [0.1, 0.15) is 10.8 Å². The van der Waals surface area contributed by atoms with Crippen LogP contribution in [0.3, 0.4) is 0 Å². The molecular formula is C26H29N5O3S. The molecule has 4 rings (SSSR count). The molecule has 0 aliphatic carbocycles. The first-order valence-corrected chi connectivity index (χ1v) is 12.3. The highest BCUT2D eigenvalue weighted by Gasteiger charge is 2.33. The fraction of sp³-hybridized carbons (Fsp3) is 0.308. The molecule has 2 atom stereocenters. The zero-order valence-electron chi connectivity index (χ0n) is 20.0. The summed E-state index contributed by atoms with van der Waals surface area (Å²) in [6, 6.07) is 12.0. The van der Waals surface area contributed by atoms with Crippen LogP contribution in [-0.4, -0.2) is 47.3 Å². The highest BCUT2D eigenvalue weighted by Crippen LogP contribution is 2.36. The number of amides is 1. The smallest absolute Gasteiger partial charge is 0.254 e. The van der Waals surface area contributed by atoms with Crippen LogP contribution in [0.1, 0.15) is 52.4 Å². The lowest BCUT2D eigenvalue weighted by molar-refractivity contribution is 0.0735. The molecule has 9 heteroatoms.